The van der Waals surface area contributed by atoms with Gasteiger partial charge in [-0.25, -0.2) is 4.98 Å². The molecular weight excluding hydrogens is 274 g/mol. The molecule has 0 fully saturated rings. The molecule has 0 aliphatic heterocycles. The van der Waals surface area contributed by atoms with E-state index < -0.39 is 10.9 Å². The number of aliphatic carboxylic acids is 1. The molecule has 1 rings (SSSR count). The molecule has 0 saturated carbocycles. The van der Waals surface area contributed by atoms with Crippen LogP contribution in [0.5, 0.6) is 0 Å². The number of pyridine rings is 1. The van der Waals surface area contributed by atoms with Gasteiger partial charge < -0.3 is 10.4 Å². The molecule has 1 unspecified atom stereocenters. The van der Waals surface area contributed by atoms with Crippen molar-refractivity contribution < 1.29 is 14.8 Å². The highest BCUT2D eigenvalue weighted by molar-refractivity contribution is 5.66. The maximum atomic E-state index is 10.6. The van der Waals surface area contributed by atoms with E-state index in [9.17, 15) is 14.9 Å². The summed E-state index contributed by atoms with van der Waals surface area (Å²) in [5.74, 6) is 0.551. The van der Waals surface area contributed by atoms with Crippen molar-refractivity contribution in [3.63, 3.8) is 0 Å². The molecule has 1 heterocycles. The van der Waals surface area contributed by atoms with Gasteiger partial charge in [0.1, 0.15) is 12.0 Å². The molecular formula is C14H21N3O4. The van der Waals surface area contributed by atoms with Crippen LogP contribution in [0.4, 0.5) is 11.5 Å². The largest absolute Gasteiger partial charge is 0.481 e. The van der Waals surface area contributed by atoms with Gasteiger partial charge in [-0.1, -0.05) is 13.8 Å². The lowest BCUT2D eigenvalue weighted by atomic mass is 9.88. The molecule has 7 heteroatoms. The van der Waals surface area contributed by atoms with E-state index in [1.165, 1.54) is 12.3 Å². The fraction of sp³-hybridized carbons (Fsp3) is 0.571. The van der Waals surface area contributed by atoms with Gasteiger partial charge in [-0.3, -0.25) is 14.9 Å². The van der Waals surface area contributed by atoms with Crippen LogP contribution >= 0.6 is 0 Å². The molecule has 1 atom stereocenters. The van der Waals surface area contributed by atoms with E-state index in [0.29, 0.717) is 30.6 Å². The Balaban J connectivity index is 2.42. The molecule has 0 aliphatic rings. The Kier molecular flexibility index (Phi) is 6.58. The standard InChI is InChI=1S/C14H21N3O4/c1-10(2)11(3-6-14(18)19)7-8-15-13-5-4-12(9-16-13)17(20)21/h4-5,9-11H,3,6-8H2,1-2H3,(H,15,16)(H,18,19). The van der Waals surface area contributed by atoms with Crippen LogP contribution in [0.25, 0.3) is 0 Å². The van der Waals surface area contributed by atoms with Crippen LogP contribution in [0.3, 0.4) is 0 Å². The predicted octanol–water partition coefficient (Wildman–Crippen LogP) is 2.93. The molecule has 21 heavy (non-hydrogen) atoms. The number of rotatable bonds is 9. The van der Waals surface area contributed by atoms with Crippen LogP contribution < -0.4 is 5.32 Å². The van der Waals surface area contributed by atoms with Crippen molar-refractivity contribution in [3.05, 3.63) is 28.4 Å². The number of hydrogen-bond donors (Lipinski definition) is 2. The van der Waals surface area contributed by atoms with Gasteiger partial charge in [0.25, 0.3) is 5.69 Å². The van der Waals surface area contributed by atoms with Gasteiger partial charge in [0.05, 0.1) is 4.92 Å². The van der Waals surface area contributed by atoms with Gasteiger partial charge in [-0.05, 0) is 30.7 Å². The SMILES string of the molecule is CC(C)C(CCNc1ccc([N+](=O)[O-])cn1)CCC(=O)O. The summed E-state index contributed by atoms with van der Waals surface area (Å²) in [7, 11) is 0. The van der Waals surface area contributed by atoms with Crippen LogP contribution in [0.1, 0.15) is 33.1 Å². The lowest BCUT2D eigenvalue weighted by Gasteiger charge is -2.20. The van der Waals surface area contributed by atoms with Crippen molar-refractivity contribution in [1.29, 1.82) is 0 Å². The number of carboxylic acid groups (broad SMARTS) is 1. The van der Waals surface area contributed by atoms with E-state index in [1.54, 1.807) is 6.07 Å². The van der Waals surface area contributed by atoms with E-state index in [0.717, 1.165) is 6.42 Å². The lowest BCUT2D eigenvalue weighted by Crippen LogP contribution is -2.16. The summed E-state index contributed by atoms with van der Waals surface area (Å²) in [4.78, 5) is 24.6. The monoisotopic (exact) mass is 295 g/mol. The first-order valence-electron chi connectivity index (χ1n) is 6.96. The molecule has 0 spiro atoms. The zero-order valence-electron chi connectivity index (χ0n) is 12.3. The molecule has 0 radical (unpaired) electrons. The minimum Gasteiger partial charge on any atom is -0.481 e. The molecule has 2 N–H and O–H groups in total. The topological polar surface area (TPSA) is 105 Å². The Morgan fingerprint density at radius 1 is 1.43 bits per heavy atom. The molecule has 0 amide bonds. The average Bonchev–Trinajstić information content (AvgIpc) is 2.42. The Labute approximate surface area is 123 Å². The maximum absolute atomic E-state index is 10.6. The Morgan fingerprint density at radius 3 is 2.62 bits per heavy atom. The smallest absolute Gasteiger partial charge is 0.303 e. The van der Waals surface area contributed by atoms with Crippen molar-refractivity contribution in [2.24, 2.45) is 11.8 Å². The quantitative estimate of drug-likeness (QED) is 0.536. The number of hydrogen-bond acceptors (Lipinski definition) is 5. The van der Waals surface area contributed by atoms with Crippen molar-refractivity contribution in [2.45, 2.75) is 33.1 Å². The molecule has 0 bridgehead atoms. The zero-order valence-corrected chi connectivity index (χ0v) is 12.3. The summed E-state index contributed by atoms with van der Waals surface area (Å²) in [6, 6.07) is 2.97. The molecule has 1 aromatic rings. The normalized spacial score (nSPS) is 12.1. The first-order valence-corrected chi connectivity index (χ1v) is 6.96. The summed E-state index contributed by atoms with van der Waals surface area (Å²) < 4.78 is 0. The van der Waals surface area contributed by atoms with Gasteiger partial charge in [0.2, 0.25) is 0 Å². The van der Waals surface area contributed by atoms with Crippen LogP contribution in [-0.4, -0.2) is 27.5 Å². The van der Waals surface area contributed by atoms with Gasteiger partial charge in [-0.2, -0.15) is 0 Å². The second-order valence-electron chi connectivity index (χ2n) is 5.31. The number of nitrogens with one attached hydrogen (secondary N) is 1. The van der Waals surface area contributed by atoms with Crippen LogP contribution in [-0.2, 0) is 4.79 Å². The van der Waals surface area contributed by atoms with E-state index >= 15 is 0 Å². The molecule has 1 aromatic heterocycles. The number of nitro groups is 1. The molecule has 116 valence electrons. The minimum atomic E-state index is -0.773. The van der Waals surface area contributed by atoms with Gasteiger partial charge in [-0.15, -0.1) is 0 Å². The van der Waals surface area contributed by atoms with E-state index in [4.69, 9.17) is 5.11 Å². The Morgan fingerprint density at radius 2 is 2.14 bits per heavy atom. The maximum Gasteiger partial charge on any atom is 0.303 e. The predicted molar refractivity (Wildman–Crippen MR) is 79.2 cm³/mol. The fourth-order valence-corrected chi connectivity index (χ4v) is 2.10. The van der Waals surface area contributed by atoms with E-state index in [1.807, 2.05) is 0 Å². The minimum absolute atomic E-state index is 0.0398. The second kappa shape index (κ2) is 8.18. The Hall–Kier alpha value is -2.18. The molecule has 0 saturated heterocycles. The van der Waals surface area contributed by atoms with E-state index in [2.05, 4.69) is 24.1 Å². The van der Waals surface area contributed by atoms with Crippen molar-refractivity contribution in [1.82, 2.24) is 4.98 Å². The highest BCUT2D eigenvalue weighted by Crippen LogP contribution is 2.21. The van der Waals surface area contributed by atoms with Crippen LogP contribution in [0.2, 0.25) is 0 Å². The van der Waals surface area contributed by atoms with Crippen molar-refractivity contribution >= 4 is 17.5 Å². The summed E-state index contributed by atoms with van der Waals surface area (Å²) in [6.45, 7) is 4.82. The average molecular weight is 295 g/mol. The summed E-state index contributed by atoms with van der Waals surface area (Å²) in [5.41, 5.74) is -0.0398. The first-order chi connectivity index (χ1) is 9.90. The van der Waals surface area contributed by atoms with E-state index in [-0.39, 0.29) is 12.1 Å². The molecule has 7 nitrogen and oxygen atoms in total. The number of aromatic nitrogens is 1. The number of anilines is 1. The van der Waals surface area contributed by atoms with Crippen molar-refractivity contribution in [3.8, 4) is 0 Å². The molecule has 0 aromatic carbocycles. The first kappa shape index (κ1) is 16.9. The third-order valence-corrected chi connectivity index (χ3v) is 3.45. The fourth-order valence-electron chi connectivity index (χ4n) is 2.10. The third kappa shape index (κ3) is 6.20. The lowest BCUT2D eigenvalue weighted by molar-refractivity contribution is -0.385. The van der Waals surface area contributed by atoms with Crippen LogP contribution in [0.15, 0.2) is 18.3 Å². The van der Waals surface area contributed by atoms with Gasteiger partial charge in [0.15, 0.2) is 0 Å². The van der Waals surface area contributed by atoms with Gasteiger partial charge in [0, 0.05) is 19.0 Å². The van der Waals surface area contributed by atoms with Gasteiger partial charge >= 0.3 is 5.97 Å². The number of carbonyl (C=O) groups is 1. The Bertz CT molecular complexity index is 474. The highest BCUT2D eigenvalue weighted by atomic mass is 16.6. The summed E-state index contributed by atoms with van der Waals surface area (Å²) >= 11 is 0. The summed E-state index contributed by atoms with van der Waals surface area (Å²) in [5, 5.41) is 22.4. The highest BCUT2D eigenvalue weighted by Gasteiger charge is 2.14. The van der Waals surface area contributed by atoms with Crippen molar-refractivity contribution in [2.75, 3.05) is 11.9 Å². The molecule has 0 aliphatic carbocycles. The second-order valence-corrected chi connectivity index (χ2v) is 5.31. The zero-order chi connectivity index (χ0) is 15.8. The summed E-state index contributed by atoms with van der Waals surface area (Å²) in [6.07, 6.45) is 2.89. The number of nitrogens with zero attached hydrogens (tertiary/aromatic N) is 2. The van der Waals surface area contributed by atoms with Crippen LogP contribution in [0, 0.1) is 22.0 Å². The number of carboxylic acids is 1. The third-order valence-electron chi connectivity index (χ3n) is 3.45.